The van der Waals surface area contributed by atoms with Gasteiger partial charge in [-0.2, -0.15) is 0 Å². The Kier molecular flexibility index (Phi) is 4.31. The van der Waals surface area contributed by atoms with Gasteiger partial charge in [-0.1, -0.05) is 11.6 Å². The number of urea groups is 1. The Bertz CT molecular complexity index is 474. The molecule has 3 N–H and O–H groups in total. The minimum absolute atomic E-state index is 0.0165. The third kappa shape index (κ3) is 3.41. The molecule has 104 valence electrons. The summed E-state index contributed by atoms with van der Waals surface area (Å²) in [6, 6.07) is 1.48. The number of rotatable bonds is 3. The summed E-state index contributed by atoms with van der Waals surface area (Å²) in [5.74, 6) is -0.199. The van der Waals surface area contributed by atoms with Crippen molar-refractivity contribution in [2.45, 2.75) is 19.4 Å². The van der Waals surface area contributed by atoms with Crippen molar-refractivity contribution in [2.75, 3.05) is 19.6 Å². The lowest BCUT2D eigenvalue weighted by atomic mass is 10.2. The molecule has 3 amide bonds. The fraction of sp³-hybridized carbons (Fsp3) is 0.500. The molecule has 1 aromatic heterocycles. The van der Waals surface area contributed by atoms with Crippen LogP contribution < -0.4 is 10.6 Å². The van der Waals surface area contributed by atoms with Crippen molar-refractivity contribution >= 4 is 23.5 Å². The van der Waals surface area contributed by atoms with Crippen LogP contribution in [-0.4, -0.2) is 47.5 Å². The zero-order chi connectivity index (χ0) is 13.8. The van der Waals surface area contributed by atoms with Crippen LogP contribution in [0.1, 0.15) is 23.8 Å². The molecule has 0 saturated carbocycles. The number of hydrogen-bond acceptors (Lipinski definition) is 2. The number of likely N-dealkylation sites (tertiary alicyclic amines) is 1. The number of amides is 3. The lowest BCUT2D eigenvalue weighted by Gasteiger charge is -2.17. The van der Waals surface area contributed by atoms with Gasteiger partial charge in [0, 0.05) is 31.9 Å². The van der Waals surface area contributed by atoms with Gasteiger partial charge >= 0.3 is 6.03 Å². The first-order valence-electron chi connectivity index (χ1n) is 6.27. The second-order valence-corrected chi connectivity index (χ2v) is 4.91. The van der Waals surface area contributed by atoms with Gasteiger partial charge in [0.1, 0.15) is 5.69 Å². The van der Waals surface area contributed by atoms with Crippen molar-refractivity contribution in [3.63, 3.8) is 0 Å². The number of aromatic nitrogens is 1. The van der Waals surface area contributed by atoms with Gasteiger partial charge in [-0.15, -0.1) is 0 Å². The Morgan fingerprint density at radius 2 is 2.37 bits per heavy atom. The van der Waals surface area contributed by atoms with E-state index in [0.717, 1.165) is 6.42 Å². The molecular weight excluding hydrogens is 268 g/mol. The van der Waals surface area contributed by atoms with E-state index in [4.69, 9.17) is 11.6 Å². The van der Waals surface area contributed by atoms with Crippen LogP contribution in [0.25, 0.3) is 0 Å². The molecule has 19 heavy (non-hydrogen) atoms. The highest BCUT2D eigenvalue weighted by molar-refractivity contribution is 6.30. The van der Waals surface area contributed by atoms with Crippen molar-refractivity contribution in [2.24, 2.45) is 0 Å². The quantitative estimate of drug-likeness (QED) is 0.780. The van der Waals surface area contributed by atoms with Crippen molar-refractivity contribution in [3.8, 4) is 0 Å². The molecule has 1 unspecified atom stereocenters. The molecule has 1 fully saturated rings. The zero-order valence-electron chi connectivity index (χ0n) is 10.7. The van der Waals surface area contributed by atoms with Gasteiger partial charge in [0.15, 0.2) is 0 Å². The van der Waals surface area contributed by atoms with E-state index in [-0.39, 0.29) is 18.0 Å². The molecule has 2 heterocycles. The van der Waals surface area contributed by atoms with E-state index in [1.54, 1.807) is 17.2 Å². The van der Waals surface area contributed by atoms with Crippen LogP contribution in [0.4, 0.5) is 4.79 Å². The summed E-state index contributed by atoms with van der Waals surface area (Å²) < 4.78 is 0. The topological polar surface area (TPSA) is 77.2 Å². The Labute approximate surface area is 116 Å². The van der Waals surface area contributed by atoms with E-state index in [9.17, 15) is 9.59 Å². The van der Waals surface area contributed by atoms with Crippen LogP contribution in [0.15, 0.2) is 12.3 Å². The predicted octanol–water partition coefficient (Wildman–Crippen LogP) is 1.20. The van der Waals surface area contributed by atoms with Gasteiger partial charge in [-0.05, 0) is 19.4 Å². The molecule has 7 heteroatoms. The first-order valence-corrected chi connectivity index (χ1v) is 6.65. The van der Waals surface area contributed by atoms with Crippen LogP contribution in [0.5, 0.6) is 0 Å². The average Bonchev–Trinajstić information content (AvgIpc) is 2.98. The second-order valence-electron chi connectivity index (χ2n) is 4.47. The third-order valence-corrected chi connectivity index (χ3v) is 3.25. The Hall–Kier alpha value is -1.69. The molecule has 1 aliphatic rings. The van der Waals surface area contributed by atoms with E-state index in [1.165, 1.54) is 0 Å². The maximum atomic E-state index is 11.9. The van der Waals surface area contributed by atoms with Gasteiger partial charge in [0.25, 0.3) is 5.91 Å². The second kappa shape index (κ2) is 5.97. The first-order chi connectivity index (χ1) is 9.10. The van der Waals surface area contributed by atoms with Crippen LogP contribution in [0, 0.1) is 0 Å². The van der Waals surface area contributed by atoms with E-state index < -0.39 is 0 Å². The molecule has 0 aliphatic carbocycles. The first kappa shape index (κ1) is 13.7. The molecule has 1 aromatic rings. The number of nitrogens with zero attached hydrogens (tertiary/aromatic N) is 1. The zero-order valence-corrected chi connectivity index (χ0v) is 11.5. The molecule has 6 nitrogen and oxygen atoms in total. The molecule has 1 atom stereocenters. The number of aromatic amines is 1. The highest BCUT2D eigenvalue weighted by Gasteiger charge is 2.27. The van der Waals surface area contributed by atoms with E-state index in [0.29, 0.717) is 30.4 Å². The minimum atomic E-state index is -0.199. The minimum Gasteiger partial charge on any atom is -0.356 e. The fourth-order valence-electron chi connectivity index (χ4n) is 2.09. The smallest absolute Gasteiger partial charge is 0.317 e. The highest BCUT2D eigenvalue weighted by atomic mass is 35.5. The third-order valence-electron chi connectivity index (χ3n) is 3.03. The summed E-state index contributed by atoms with van der Waals surface area (Å²) in [6.45, 7) is 3.67. The number of halogens is 1. The summed E-state index contributed by atoms with van der Waals surface area (Å²) in [6.07, 6.45) is 2.32. The molecule has 0 radical (unpaired) electrons. The largest absolute Gasteiger partial charge is 0.356 e. The van der Waals surface area contributed by atoms with Gasteiger partial charge in [0.2, 0.25) is 0 Å². The van der Waals surface area contributed by atoms with Gasteiger partial charge in [0.05, 0.1) is 5.02 Å². The Morgan fingerprint density at radius 3 is 3.00 bits per heavy atom. The molecule has 1 saturated heterocycles. The van der Waals surface area contributed by atoms with Gasteiger partial charge < -0.3 is 20.5 Å². The lowest BCUT2D eigenvalue weighted by Crippen LogP contribution is -2.42. The molecule has 0 bridgehead atoms. The maximum Gasteiger partial charge on any atom is 0.317 e. The fourth-order valence-corrected chi connectivity index (χ4v) is 2.25. The molecule has 0 spiro atoms. The maximum absolute atomic E-state index is 11.9. The molecule has 2 rings (SSSR count). The van der Waals surface area contributed by atoms with Gasteiger partial charge in [-0.3, -0.25) is 4.79 Å². The summed E-state index contributed by atoms with van der Waals surface area (Å²) >= 11 is 5.75. The Morgan fingerprint density at radius 1 is 1.58 bits per heavy atom. The van der Waals surface area contributed by atoms with Crippen molar-refractivity contribution in [1.29, 1.82) is 0 Å². The van der Waals surface area contributed by atoms with E-state index in [2.05, 4.69) is 15.6 Å². The number of carbonyl (C=O) groups excluding carboxylic acids is 2. The van der Waals surface area contributed by atoms with Crippen molar-refractivity contribution < 1.29 is 9.59 Å². The van der Waals surface area contributed by atoms with Crippen LogP contribution in [0.3, 0.4) is 0 Å². The summed E-state index contributed by atoms with van der Waals surface area (Å²) in [7, 11) is 0. The predicted molar refractivity (Wildman–Crippen MR) is 72.3 cm³/mol. The van der Waals surface area contributed by atoms with Crippen LogP contribution in [-0.2, 0) is 0 Å². The number of H-pyrrole nitrogens is 1. The molecular formula is C12H17ClN4O2. The van der Waals surface area contributed by atoms with Crippen LogP contribution >= 0.6 is 11.6 Å². The summed E-state index contributed by atoms with van der Waals surface area (Å²) in [5, 5.41) is 6.13. The molecule has 1 aliphatic heterocycles. The average molecular weight is 285 g/mol. The van der Waals surface area contributed by atoms with Gasteiger partial charge in [-0.25, -0.2) is 4.79 Å². The standard InChI is InChI=1S/C12H17ClN4O2/c1-2-14-12(19)17-4-3-9(7-17)16-11(18)10-5-8(13)6-15-10/h5-6,9,15H,2-4,7H2,1H3,(H,14,19)(H,16,18). The monoisotopic (exact) mass is 284 g/mol. The Balaban J connectivity index is 1.85. The molecule has 0 aromatic carbocycles. The van der Waals surface area contributed by atoms with E-state index >= 15 is 0 Å². The summed E-state index contributed by atoms with van der Waals surface area (Å²) in [5.41, 5.74) is 0.432. The number of hydrogen-bond donors (Lipinski definition) is 3. The lowest BCUT2D eigenvalue weighted by molar-refractivity contribution is 0.0933. The van der Waals surface area contributed by atoms with Crippen LogP contribution in [0.2, 0.25) is 5.02 Å². The SMILES string of the molecule is CCNC(=O)N1CCC(NC(=O)c2cc(Cl)c[nH]2)C1. The number of carbonyl (C=O) groups is 2. The van der Waals surface area contributed by atoms with Crippen molar-refractivity contribution in [1.82, 2.24) is 20.5 Å². The van der Waals surface area contributed by atoms with E-state index in [1.807, 2.05) is 6.92 Å². The summed E-state index contributed by atoms with van der Waals surface area (Å²) in [4.78, 5) is 28.0. The normalized spacial score (nSPS) is 18.4. The number of nitrogens with one attached hydrogen (secondary N) is 3. The van der Waals surface area contributed by atoms with Crippen molar-refractivity contribution in [3.05, 3.63) is 23.0 Å². The highest BCUT2D eigenvalue weighted by Crippen LogP contribution is 2.12.